The molecule has 1 N–H and O–H groups in total. The number of carboxylic acid groups (broad SMARTS) is 1. The molecular formula is C18H19NO4S2. The van der Waals surface area contributed by atoms with Crippen molar-refractivity contribution in [2.45, 2.75) is 19.9 Å². The molecule has 1 heterocycles. The van der Waals surface area contributed by atoms with Gasteiger partial charge in [-0.15, -0.1) is 0 Å². The van der Waals surface area contributed by atoms with Gasteiger partial charge in [0.15, 0.2) is 0 Å². The van der Waals surface area contributed by atoms with Crippen LogP contribution in [0.1, 0.15) is 19.4 Å². The summed E-state index contributed by atoms with van der Waals surface area (Å²) in [4.78, 5) is 25.7. The van der Waals surface area contributed by atoms with Crippen molar-refractivity contribution in [3.05, 3.63) is 47.4 Å². The lowest BCUT2D eigenvalue weighted by Gasteiger charge is -2.26. The number of thiocarbonyl (C=S) groups is 1. The van der Waals surface area contributed by atoms with E-state index in [0.717, 1.165) is 17.3 Å². The molecular weight excluding hydrogens is 358 g/mol. The standard InChI is InChI=1S/C18H19NO4S2/c1-4-9-23-13-7-5-12(6-8-13)10-14-16(20)19(18(24)25-14)15(11(2)3)17(21)22/h4-8,10-11,15H,1,9H2,2-3H3,(H,21,22)/b14-10-/t15-/m1/s1. The lowest BCUT2D eigenvalue weighted by molar-refractivity contribution is -0.146. The number of carbonyl (C=O) groups excluding carboxylic acids is 1. The van der Waals surface area contributed by atoms with Crippen molar-refractivity contribution < 1.29 is 19.4 Å². The van der Waals surface area contributed by atoms with E-state index in [9.17, 15) is 14.7 Å². The van der Waals surface area contributed by atoms with Gasteiger partial charge in [0.2, 0.25) is 0 Å². The molecule has 0 aromatic heterocycles. The van der Waals surface area contributed by atoms with E-state index in [1.807, 2.05) is 12.1 Å². The third kappa shape index (κ3) is 4.49. The first-order valence-electron chi connectivity index (χ1n) is 7.68. The quantitative estimate of drug-likeness (QED) is 0.445. The van der Waals surface area contributed by atoms with Crippen LogP contribution in [0, 0.1) is 5.92 Å². The van der Waals surface area contributed by atoms with E-state index >= 15 is 0 Å². The van der Waals surface area contributed by atoms with Gasteiger partial charge < -0.3 is 9.84 Å². The Morgan fingerprint density at radius 3 is 2.56 bits per heavy atom. The Kier molecular flexibility index (Phi) is 6.39. The number of benzene rings is 1. The summed E-state index contributed by atoms with van der Waals surface area (Å²) >= 11 is 6.35. The first kappa shape index (κ1) is 19.2. The monoisotopic (exact) mass is 377 g/mol. The first-order chi connectivity index (χ1) is 11.8. The predicted molar refractivity (Wildman–Crippen MR) is 103 cm³/mol. The average molecular weight is 377 g/mol. The molecule has 132 valence electrons. The van der Waals surface area contributed by atoms with Crippen LogP contribution in [0.5, 0.6) is 5.75 Å². The van der Waals surface area contributed by atoms with E-state index in [1.54, 1.807) is 38.1 Å². The number of rotatable bonds is 7. The summed E-state index contributed by atoms with van der Waals surface area (Å²) < 4.78 is 5.68. The number of thioether (sulfide) groups is 1. The van der Waals surface area contributed by atoms with Gasteiger partial charge >= 0.3 is 5.97 Å². The van der Waals surface area contributed by atoms with E-state index in [1.165, 1.54) is 4.90 Å². The Morgan fingerprint density at radius 2 is 2.04 bits per heavy atom. The molecule has 7 heteroatoms. The minimum Gasteiger partial charge on any atom is -0.490 e. The van der Waals surface area contributed by atoms with E-state index in [2.05, 4.69) is 6.58 Å². The van der Waals surface area contributed by atoms with E-state index in [4.69, 9.17) is 17.0 Å². The number of amides is 1. The Hall–Kier alpha value is -2.12. The highest BCUT2D eigenvalue weighted by atomic mass is 32.2. The van der Waals surface area contributed by atoms with Crippen LogP contribution in [-0.4, -0.2) is 38.9 Å². The maximum Gasteiger partial charge on any atom is 0.327 e. The average Bonchev–Trinajstić information content (AvgIpc) is 2.81. The van der Waals surface area contributed by atoms with Crippen LogP contribution in [0.25, 0.3) is 6.08 Å². The van der Waals surface area contributed by atoms with E-state index in [0.29, 0.717) is 17.3 Å². The number of nitrogens with zero attached hydrogens (tertiary/aromatic N) is 1. The summed E-state index contributed by atoms with van der Waals surface area (Å²) in [6.07, 6.45) is 3.36. The molecule has 0 saturated carbocycles. The highest BCUT2D eigenvalue weighted by molar-refractivity contribution is 8.26. The van der Waals surface area contributed by atoms with Crippen molar-refractivity contribution in [2.75, 3.05) is 6.61 Å². The zero-order valence-electron chi connectivity index (χ0n) is 14.0. The van der Waals surface area contributed by atoms with E-state index in [-0.39, 0.29) is 16.1 Å². The van der Waals surface area contributed by atoms with Gasteiger partial charge in [-0.2, -0.15) is 0 Å². The molecule has 1 aromatic rings. The van der Waals surface area contributed by atoms with Gasteiger partial charge in [0.1, 0.15) is 22.7 Å². The number of hydrogen-bond acceptors (Lipinski definition) is 5. The predicted octanol–water partition coefficient (Wildman–Crippen LogP) is 3.56. The molecule has 0 spiro atoms. The van der Waals surface area contributed by atoms with Gasteiger partial charge in [0.25, 0.3) is 5.91 Å². The Morgan fingerprint density at radius 1 is 1.40 bits per heavy atom. The molecule has 0 unspecified atom stereocenters. The minimum atomic E-state index is -1.06. The number of ether oxygens (including phenoxy) is 1. The topological polar surface area (TPSA) is 66.8 Å². The van der Waals surface area contributed by atoms with Crippen molar-refractivity contribution in [3.8, 4) is 5.75 Å². The Balaban J connectivity index is 2.22. The Labute approximate surface area is 156 Å². The molecule has 1 saturated heterocycles. The second-order valence-corrected chi connectivity index (χ2v) is 7.42. The highest BCUT2D eigenvalue weighted by Gasteiger charge is 2.41. The molecule has 1 aromatic carbocycles. The fraction of sp³-hybridized carbons (Fsp3) is 0.278. The molecule has 0 bridgehead atoms. The van der Waals surface area contributed by atoms with Crippen LogP contribution in [0.4, 0.5) is 0 Å². The van der Waals surface area contributed by atoms with Gasteiger partial charge in [-0.3, -0.25) is 9.69 Å². The number of carbonyl (C=O) groups is 2. The third-order valence-corrected chi connectivity index (χ3v) is 4.86. The molecule has 25 heavy (non-hydrogen) atoms. The van der Waals surface area contributed by atoms with Crippen LogP contribution < -0.4 is 4.74 Å². The van der Waals surface area contributed by atoms with Crippen LogP contribution in [0.2, 0.25) is 0 Å². The van der Waals surface area contributed by atoms with Crippen molar-refractivity contribution in [2.24, 2.45) is 5.92 Å². The molecule has 5 nitrogen and oxygen atoms in total. The van der Waals surface area contributed by atoms with Crippen molar-refractivity contribution >= 4 is 46.3 Å². The molecule has 2 rings (SSSR count). The molecule has 0 radical (unpaired) electrons. The summed E-state index contributed by atoms with van der Waals surface area (Å²) in [5.74, 6) is -0.977. The molecule has 1 amide bonds. The summed E-state index contributed by atoms with van der Waals surface area (Å²) in [6, 6.07) is 6.27. The largest absolute Gasteiger partial charge is 0.490 e. The molecule has 1 fully saturated rings. The SMILES string of the molecule is C=CCOc1ccc(/C=C2\SC(=S)N([C@@H](C(=O)O)C(C)C)C2=O)cc1. The van der Waals surface area contributed by atoms with Crippen LogP contribution in [0.3, 0.4) is 0 Å². The van der Waals surface area contributed by atoms with Gasteiger partial charge in [0.05, 0.1) is 4.91 Å². The maximum atomic E-state index is 12.6. The summed E-state index contributed by atoms with van der Waals surface area (Å²) in [5, 5.41) is 9.41. The summed E-state index contributed by atoms with van der Waals surface area (Å²) in [7, 11) is 0. The molecule has 0 aliphatic carbocycles. The van der Waals surface area contributed by atoms with Crippen LogP contribution >= 0.6 is 24.0 Å². The second kappa shape index (κ2) is 8.31. The summed E-state index contributed by atoms with van der Waals surface area (Å²) in [6.45, 7) is 7.52. The summed E-state index contributed by atoms with van der Waals surface area (Å²) in [5.41, 5.74) is 0.808. The zero-order valence-corrected chi connectivity index (χ0v) is 15.6. The third-order valence-electron chi connectivity index (χ3n) is 3.53. The lowest BCUT2D eigenvalue weighted by atomic mass is 10.0. The van der Waals surface area contributed by atoms with Gasteiger partial charge in [0, 0.05) is 0 Å². The fourth-order valence-corrected chi connectivity index (χ4v) is 3.71. The van der Waals surface area contributed by atoms with Crippen molar-refractivity contribution in [1.29, 1.82) is 0 Å². The highest BCUT2D eigenvalue weighted by Crippen LogP contribution is 2.35. The molecule has 1 aliphatic rings. The van der Waals surface area contributed by atoms with Crippen LogP contribution in [-0.2, 0) is 9.59 Å². The van der Waals surface area contributed by atoms with Gasteiger partial charge in [-0.1, -0.05) is 62.6 Å². The number of aliphatic carboxylic acids is 1. The molecule has 1 atom stereocenters. The number of carboxylic acids is 1. The lowest BCUT2D eigenvalue weighted by Crippen LogP contribution is -2.47. The fourth-order valence-electron chi connectivity index (χ4n) is 2.38. The smallest absolute Gasteiger partial charge is 0.327 e. The number of hydrogen-bond donors (Lipinski definition) is 1. The second-order valence-electron chi connectivity index (χ2n) is 5.75. The molecule has 1 aliphatic heterocycles. The van der Waals surface area contributed by atoms with Crippen LogP contribution in [0.15, 0.2) is 41.8 Å². The van der Waals surface area contributed by atoms with Crippen molar-refractivity contribution in [3.63, 3.8) is 0 Å². The Bertz CT molecular complexity index is 725. The minimum absolute atomic E-state index is 0.249. The van der Waals surface area contributed by atoms with Gasteiger partial charge in [-0.25, -0.2) is 4.79 Å². The van der Waals surface area contributed by atoms with Crippen molar-refractivity contribution in [1.82, 2.24) is 4.90 Å². The normalized spacial score (nSPS) is 17.2. The maximum absolute atomic E-state index is 12.6. The van der Waals surface area contributed by atoms with Gasteiger partial charge in [-0.05, 0) is 29.7 Å². The first-order valence-corrected chi connectivity index (χ1v) is 8.91. The van der Waals surface area contributed by atoms with E-state index < -0.39 is 12.0 Å². The zero-order chi connectivity index (χ0) is 18.6.